The minimum atomic E-state index is -0.143. The first-order valence-corrected chi connectivity index (χ1v) is 6.93. The van der Waals surface area contributed by atoms with Gasteiger partial charge < -0.3 is 9.72 Å². The molecule has 4 nitrogen and oxygen atoms in total. The molecule has 5 heteroatoms. The van der Waals surface area contributed by atoms with Crippen LogP contribution in [0.1, 0.15) is 16.1 Å². The van der Waals surface area contributed by atoms with Gasteiger partial charge in [-0.05, 0) is 43.3 Å². The SMILES string of the molecule is Cc1cn2ccc(C(=O)Nc3ccc(Br)cc3)cc2n1. The van der Waals surface area contributed by atoms with E-state index in [9.17, 15) is 4.79 Å². The third-order valence-electron chi connectivity index (χ3n) is 2.94. The predicted molar refractivity (Wildman–Crippen MR) is 82.0 cm³/mol. The van der Waals surface area contributed by atoms with Crippen molar-refractivity contribution in [1.82, 2.24) is 9.38 Å². The van der Waals surface area contributed by atoms with Gasteiger partial charge >= 0.3 is 0 Å². The number of amides is 1. The van der Waals surface area contributed by atoms with Crippen molar-refractivity contribution in [2.75, 3.05) is 5.32 Å². The number of carbonyl (C=O) groups excluding carboxylic acids is 1. The van der Waals surface area contributed by atoms with Gasteiger partial charge in [0.2, 0.25) is 0 Å². The van der Waals surface area contributed by atoms with Gasteiger partial charge in [0.25, 0.3) is 5.91 Å². The smallest absolute Gasteiger partial charge is 0.255 e. The number of hydrogen-bond donors (Lipinski definition) is 1. The fourth-order valence-electron chi connectivity index (χ4n) is 1.99. The van der Waals surface area contributed by atoms with Crippen LogP contribution in [0.4, 0.5) is 5.69 Å². The molecule has 0 spiro atoms. The topological polar surface area (TPSA) is 46.4 Å². The summed E-state index contributed by atoms with van der Waals surface area (Å²) in [6.45, 7) is 1.93. The van der Waals surface area contributed by atoms with Crippen molar-refractivity contribution in [3.63, 3.8) is 0 Å². The lowest BCUT2D eigenvalue weighted by molar-refractivity contribution is 0.102. The first-order chi connectivity index (χ1) is 9.61. The van der Waals surface area contributed by atoms with E-state index >= 15 is 0 Å². The zero-order valence-corrected chi connectivity index (χ0v) is 12.4. The molecular formula is C15H12BrN3O. The fourth-order valence-corrected chi connectivity index (χ4v) is 2.25. The summed E-state index contributed by atoms with van der Waals surface area (Å²) in [5.41, 5.74) is 3.05. The molecule has 0 saturated heterocycles. The molecular weight excluding hydrogens is 318 g/mol. The van der Waals surface area contributed by atoms with E-state index < -0.39 is 0 Å². The quantitative estimate of drug-likeness (QED) is 0.779. The minimum absolute atomic E-state index is 0.143. The molecule has 0 unspecified atom stereocenters. The number of anilines is 1. The highest BCUT2D eigenvalue weighted by Gasteiger charge is 2.08. The fraction of sp³-hybridized carbons (Fsp3) is 0.0667. The van der Waals surface area contributed by atoms with Crippen molar-refractivity contribution in [1.29, 1.82) is 0 Å². The lowest BCUT2D eigenvalue weighted by Gasteiger charge is -2.05. The van der Waals surface area contributed by atoms with Crippen LogP contribution in [0.5, 0.6) is 0 Å². The first kappa shape index (κ1) is 12.9. The number of rotatable bonds is 2. The summed E-state index contributed by atoms with van der Waals surface area (Å²) in [5, 5.41) is 2.86. The molecule has 1 amide bonds. The summed E-state index contributed by atoms with van der Waals surface area (Å²) < 4.78 is 2.87. The Morgan fingerprint density at radius 2 is 2.00 bits per heavy atom. The molecule has 0 atom stereocenters. The van der Waals surface area contributed by atoms with Crippen LogP contribution in [-0.2, 0) is 0 Å². The zero-order chi connectivity index (χ0) is 14.1. The molecule has 0 aliphatic carbocycles. The predicted octanol–water partition coefficient (Wildman–Crippen LogP) is 3.66. The second kappa shape index (κ2) is 5.09. The lowest BCUT2D eigenvalue weighted by Crippen LogP contribution is -2.12. The summed E-state index contributed by atoms with van der Waals surface area (Å²) in [4.78, 5) is 16.5. The van der Waals surface area contributed by atoms with Crippen LogP contribution in [0.15, 0.2) is 53.3 Å². The Labute approximate surface area is 124 Å². The van der Waals surface area contributed by atoms with Crippen LogP contribution >= 0.6 is 15.9 Å². The Morgan fingerprint density at radius 3 is 2.75 bits per heavy atom. The van der Waals surface area contributed by atoms with E-state index in [1.807, 2.05) is 48.0 Å². The van der Waals surface area contributed by atoms with Crippen LogP contribution < -0.4 is 5.32 Å². The molecule has 2 heterocycles. The van der Waals surface area contributed by atoms with Gasteiger partial charge in [-0.25, -0.2) is 4.98 Å². The van der Waals surface area contributed by atoms with Crippen LogP contribution in [0.3, 0.4) is 0 Å². The van der Waals surface area contributed by atoms with Gasteiger partial charge in [0, 0.05) is 28.1 Å². The normalized spacial score (nSPS) is 10.7. The van der Waals surface area contributed by atoms with Gasteiger partial charge in [-0.15, -0.1) is 0 Å². The monoisotopic (exact) mass is 329 g/mol. The molecule has 0 radical (unpaired) electrons. The van der Waals surface area contributed by atoms with Crippen LogP contribution in [0.25, 0.3) is 5.65 Å². The molecule has 1 aromatic carbocycles. The maximum Gasteiger partial charge on any atom is 0.255 e. The molecule has 1 N–H and O–H groups in total. The molecule has 2 aromatic heterocycles. The van der Waals surface area contributed by atoms with E-state index in [0.29, 0.717) is 5.56 Å². The third-order valence-corrected chi connectivity index (χ3v) is 3.47. The van der Waals surface area contributed by atoms with Crippen LogP contribution in [0, 0.1) is 6.92 Å². The number of aryl methyl sites for hydroxylation is 1. The number of hydrogen-bond acceptors (Lipinski definition) is 2. The Hall–Kier alpha value is -2.14. The second-order valence-electron chi connectivity index (χ2n) is 4.52. The third kappa shape index (κ3) is 2.58. The summed E-state index contributed by atoms with van der Waals surface area (Å²) in [6.07, 6.45) is 3.76. The number of carbonyl (C=O) groups is 1. The summed E-state index contributed by atoms with van der Waals surface area (Å²) >= 11 is 3.36. The maximum atomic E-state index is 12.2. The van der Waals surface area contributed by atoms with Crippen molar-refractivity contribution < 1.29 is 4.79 Å². The zero-order valence-electron chi connectivity index (χ0n) is 10.8. The average molecular weight is 330 g/mol. The largest absolute Gasteiger partial charge is 0.322 e. The van der Waals surface area contributed by atoms with Crippen molar-refractivity contribution in [2.24, 2.45) is 0 Å². The lowest BCUT2D eigenvalue weighted by atomic mass is 10.2. The maximum absolute atomic E-state index is 12.2. The number of pyridine rings is 1. The van der Waals surface area contributed by atoms with Gasteiger partial charge in [0.15, 0.2) is 0 Å². The molecule has 3 aromatic rings. The van der Waals surface area contributed by atoms with E-state index in [1.54, 1.807) is 12.1 Å². The van der Waals surface area contributed by atoms with Gasteiger partial charge in [-0.2, -0.15) is 0 Å². The number of nitrogens with one attached hydrogen (secondary N) is 1. The summed E-state index contributed by atoms with van der Waals surface area (Å²) in [6, 6.07) is 11.0. The van der Waals surface area contributed by atoms with E-state index in [0.717, 1.165) is 21.5 Å². The van der Waals surface area contributed by atoms with E-state index in [4.69, 9.17) is 0 Å². The molecule has 0 saturated carbocycles. The number of halogens is 1. The number of aromatic nitrogens is 2. The molecule has 100 valence electrons. The molecule has 0 bridgehead atoms. The minimum Gasteiger partial charge on any atom is -0.322 e. The van der Waals surface area contributed by atoms with Crippen molar-refractivity contribution >= 4 is 33.2 Å². The summed E-state index contributed by atoms with van der Waals surface area (Å²) in [7, 11) is 0. The van der Waals surface area contributed by atoms with Crippen molar-refractivity contribution in [3.8, 4) is 0 Å². The Bertz CT molecular complexity index is 777. The molecule has 0 aliphatic rings. The van der Waals surface area contributed by atoms with Gasteiger partial charge in [0.05, 0.1) is 5.69 Å². The van der Waals surface area contributed by atoms with Crippen molar-refractivity contribution in [2.45, 2.75) is 6.92 Å². The van der Waals surface area contributed by atoms with Crippen LogP contribution in [0.2, 0.25) is 0 Å². The highest BCUT2D eigenvalue weighted by molar-refractivity contribution is 9.10. The van der Waals surface area contributed by atoms with E-state index in [1.165, 1.54) is 0 Å². The van der Waals surface area contributed by atoms with Gasteiger partial charge in [-0.3, -0.25) is 4.79 Å². The summed E-state index contributed by atoms with van der Waals surface area (Å²) in [5.74, 6) is -0.143. The highest BCUT2D eigenvalue weighted by atomic mass is 79.9. The van der Waals surface area contributed by atoms with E-state index in [-0.39, 0.29) is 5.91 Å². The highest BCUT2D eigenvalue weighted by Crippen LogP contribution is 2.15. The average Bonchev–Trinajstić information content (AvgIpc) is 2.80. The molecule has 20 heavy (non-hydrogen) atoms. The number of benzene rings is 1. The number of fused-ring (bicyclic) bond motifs is 1. The molecule has 0 fully saturated rings. The van der Waals surface area contributed by atoms with Gasteiger partial charge in [-0.1, -0.05) is 15.9 Å². The molecule has 3 rings (SSSR count). The Balaban J connectivity index is 1.86. The first-order valence-electron chi connectivity index (χ1n) is 6.14. The van der Waals surface area contributed by atoms with Gasteiger partial charge in [0.1, 0.15) is 5.65 Å². The Kier molecular flexibility index (Phi) is 3.28. The number of imidazole rings is 1. The van der Waals surface area contributed by atoms with Crippen molar-refractivity contribution in [3.05, 3.63) is 64.5 Å². The number of nitrogens with zero attached hydrogens (tertiary/aromatic N) is 2. The van der Waals surface area contributed by atoms with Crippen LogP contribution in [-0.4, -0.2) is 15.3 Å². The standard InChI is InChI=1S/C15H12BrN3O/c1-10-9-19-7-6-11(8-14(19)17-10)15(20)18-13-4-2-12(16)3-5-13/h2-9H,1H3,(H,18,20). The second-order valence-corrected chi connectivity index (χ2v) is 5.44. The Morgan fingerprint density at radius 1 is 1.25 bits per heavy atom. The molecule has 0 aliphatic heterocycles. The van der Waals surface area contributed by atoms with E-state index in [2.05, 4.69) is 26.2 Å².